The zero-order chi connectivity index (χ0) is 22.2. The van der Waals surface area contributed by atoms with E-state index in [1.807, 2.05) is 6.07 Å². The Hall–Kier alpha value is -4.39. The van der Waals surface area contributed by atoms with Gasteiger partial charge in [-0.1, -0.05) is 54.6 Å². The number of carbonyl (C=O) groups excluding carboxylic acids is 3. The first-order valence-corrected chi connectivity index (χ1v) is 9.32. The molecule has 0 aromatic heterocycles. The maximum atomic E-state index is 12.9. The summed E-state index contributed by atoms with van der Waals surface area (Å²) in [6, 6.07) is 21.3. The van der Waals surface area contributed by atoms with Crippen molar-refractivity contribution in [3.05, 3.63) is 101 Å². The Morgan fingerprint density at radius 2 is 1.61 bits per heavy atom. The van der Waals surface area contributed by atoms with Gasteiger partial charge in [0.05, 0.1) is 18.6 Å². The predicted octanol–water partition coefficient (Wildman–Crippen LogP) is 2.47. The van der Waals surface area contributed by atoms with Crippen LogP contribution in [0.1, 0.15) is 26.3 Å². The van der Waals surface area contributed by atoms with Crippen LogP contribution in [0.3, 0.4) is 0 Å². The molecule has 3 aromatic rings. The monoisotopic (exact) mass is 415 g/mol. The molecule has 7 heteroatoms. The first-order chi connectivity index (χ1) is 15.0. The number of carbonyl (C=O) groups is 3. The molecule has 0 saturated carbocycles. The second-order valence-corrected chi connectivity index (χ2v) is 6.45. The van der Waals surface area contributed by atoms with Crippen LogP contribution >= 0.6 is 0 Å². The van der Waals surface area contributed by atoms with Gasteiger partial charge in [0.1, 0.15) is 11.4 Å². The Labute approximate surface area is 179 Å². The third kappa shape index (κ3) is 5.57. The first-order valence-electron chi connectivity index (χ1n) is 9.32. The molecule has 0 bridgehead atoms. The molecule has 0 aliphatic heterocycles. The van der Waals surface area contributed by atoms with Gasteiger partial charge in [0.2, 0.25) is 0 Å². The Balaban J connectivity index is 1.90. The molecule has 0 fully saturated rings. The fourth-order valence-corrected chi connectivity index (χ4v) is 2.82. The molecule has 0 aliphatic carbocycles. The lowest BCUT2D eigenvalue weighted by Gasteiger charge is -2.13. The van der Waals surface area contributed by atoms with Crippen molar-refractivity contribution < 1.29 is 24.2 Å². The van der Waals surface area contributed by atoms with E-state index in [0.717, 1.165) is 0 Å². The molecular formula is C24H19N2O5-. The number of carboxylic acids is 1. The van der Waals surface area contributed by atoms with Crippen molar-refractivity contribution in [3.63, 3.8) is 0 Å². The number of benzene rings is 3. The van der Waals surface area contributed by atoms with E-state index in [1.165, 1.54) is 37.5 Å². The summed E-state index contributed by atoms with van der Waals surface area (Å²) in [6.45, 7) is 0. The number of hydrogen-bond acceptors (Lipinski definition) is 5. The molecule has 0 spiro atoms. The largest absolute Gasteiger partial charge is 0.545 e. The van der Waals surface area contributed by atoms with Gasteiger partial charge in [-0.2, -0.15) is 0 Å². The number of methoxy groups -OCH3 is 1. The number of amides is 2. The normalized spacial score (nSPS) is 10.8. The number of anilines is 1. The Morgan fingerprint density at radius 3 is 2.32 bits per heavy atom. The van der Waals surface area contributed by atoms with Crippen LogP contribution in [-0.4, -0.2) is 24.9 Å². The molecule has 7 nitrogen and oxygen atoms in total. The Morgan fingerprint density at radius 1 is 0.903 bits per heavy atom. The van der Waals surface area contributed by atoms with Gasteiger partial charge >= 0.3 is 0 Å². The minimum absolute atomic E-state index is 0.0269. The van der Waals surface area contributed by atoms with Crippen molar-refractivity contribution >= 4 is 29.5 Å². The zero-order valence-corrected chi connectivity index (χ0v) is 16.6. The summed E-state index contributed by atoms with van der Waals surface area (Å²) in [7, 11) is 1.45. The number of rotatable bonds is 7. The van der Waals surface area contributed by atoms with Crippen molar-refractivity contribution in [1.82, 2.24) is 5.32 Å². The molecule has 0 radical (unpaired) electrons. The van der Waals surface area contributed by atoms with Gasteiger partial charge in [-0.15, -0.1) is 0 Å². The number of carboxylic acid groups (broad SMARTS) is 1. The molecule has 3 rings (SSSR count). The van der Waals surface area contributed by atoms with Crippen LogP contribution in [0.15, 0.2) is 84.6 Å². The maximum absolute atomic E-state index is 12.9. The highest BCUT2D eigenvalue weighted by Crippen LogP contribution is 2.18. The van der Waals surface area contributed by atoms with Crippen molar-refractivity contribution in [2.24, 2.45) is 0 Å². The van der Waals surface area contributed by atoms with Crippen molar-refractivity contribution in [2.45, 2.75) is 0 Å². The van der Waals surface area contributed by atoms with Crippen molar-refractivity contribution in [2.75, 3.05) is 12.4 Å². The summed E-state index contributed by atoms with van der Waals surface area (Å²) in [4.78, 5) is 36.8. The van der Waals surface area contributed by atoms with E-state index in [-0.39, 0.29) is 22.5 Å². The third-order valence-corrected chi connectivity index (χ3v) is 4.31. The van der Waals surface area contributed by atoms with Crippen LogP contribution in [0.2, 0.25) is 0 Å². The minimum atomic E-state index is -1.36. The molecule has 2 amide bonds. The minimum Gasteiger partial charge on any atom is -0.545 e. The van der Waals surface area contributed by atoms with Crippen LogP contribution < -0.4 is 20.5 Å². The average molecular weight is 415 g/mol. The highest BCUT2D eigenvalue weighted by Gasteiger charge is 2.17. The maximum Gasteiger partial charge on any atom is 0.272 e. The van der Waals surface area contributed by atoms with Gasteiger partial charge in [-0.25, -0.2) is 0 Å². The van der Waals surface area contributed by atoms with E-state index in [9.17, 15) is 19.5 Å². The fourth-order valence-electron chi connectivity index (χ4n) is 2.82. The van der Waals surface area contributed by atoms with E-state index in [1.54, 1.807) is 48.5 Å². The van der Waals surface area contributed by atoms with E-state index in [4.69, 9.17) is 4.74 Å². The predicted molar refractivity (Wildman–Crippen MR) is 114 cm³/mol. The summed E-state index contributed by atoms with van der Waals surface area (Å²) in [6.07, 6.45) is 1.52. The van der Waals surface area contributed by atoms with Crippen LogP contribution in [0.4, 0.5) is 5.69 Å². The smallest absolute Gasteiger partial charge is 0.272 e. The van der Waals surface area contributed by atoms with Gasteiger partial charge in [-0.3, -0.25) is 9.59 Å². The van der Waals surface area contributed by atoms with E-state index in [0.29, 0.717) is 11.3 Å². The van der Waals surface area contributed by atoms with Gasteiger partial charge in [0.25, 0.3) is 11.8 Å². The second kappa shape index (κ2) is 9.89. The summed E-state index contributed by atoms with van der Waals surface area (Å²) in [5, 5.41) is 16.3. The molecule has 0 atom stereocenters. The summed E-state index contributed by atoms with van der Waals surface area (Å²) in [5.74, 6) is -2.15. The number of aromatic carboxylic acids is 1. The van der Waals surface area contributed by atoms with Gasteiger partial charge in [0, 0.05) is 5.69 Å². The lowest BCUT2D eigenvalue weighted by molar-refractivity contribution is -0.255. The van der Waals surface area contributed by atoms with Crippen LogP contribution in [0.5, 0.6) is 5.75 Å². The summed E-state index contributed by atoms with van der Waals surface area (Å²) < 4.78 is 5.22. The van der Waals surface area contributed by atoms with Crippen molar-refractivity contribution in [1.29, 1.82) is 0 Å². The third-order valence-electron chi connectivity index (χ3n) is 4.31. The highest BCUT2D eigenvalue weighted by atomic mass is 16.5. The van der Waals surface area contributed by atoms with Crippen LogP contribution in [0, 0.1) is 0 Å². The molecular weight excluding hydrogens is 396 g/mol. The standard InChI is InChI=1S/C24H20N2O5/c1-31-21-13-6-5-12-19(21)22(27)26-20(14-16-8-3-2-4-9-16)23(28)25-18-11-7-10-17(15-18)24(29)30/h2-15H,1H3,(H,25,28)(H,26,27)(H,29,30)/p-1/b20-14+. The fraction of sp³-hybridized carbons (Fsp3) is 0.0417. The second-order valence-electron chi connectivity index (χ2n) is 6.45. The van der Waals surface area contributed by atoms with Crippen LogP contribution in [0.25, 0.3) is 6.08 Å². The topological polar surface area (TPSA) is 108 Å². The molecule has 2 N–H and O–H groups in total. The number of hydrogen-bond donors (Lipinski definition) is 2. The van der Waals surface area contributed by atoms with E-state index in [2.05, 4.69) is 10.6 Å². The molecule has 0 saturated heterocycles. The number of nitrogens with one attached hydrogen (secondary N) is 2. The molecule has 0 heterocycles. The van der Waals surface area contributed by atoms with Gasteiger partial charge in [-0.05, 0) is 41.5 Å². The Kier molecular flexibility index (Phi) is 6.80. The molecule has 0 aliphatic rings. The van der Waals surface area contributed by atoms with Crippen molar-refractivity contribution in [3.8, 4) is 5.75 Å². The number of para-hydroxylation sites is 1. The van der Waals surface area contributed by atoms with Crippen LogP contribution in [-0.2, 0) is 4.79 Å². The lowest BCUT2D eigenvalue weighted by atomic mass is 10.1. The lowest BCUT2D eigenvalue weighted by Crippen LogP contribution is -2.31. The van der Waals surface area contributed by atoms with E-state index >= 15 is 0 Å². The van der Waals surface area contributed by atoms with Gasteiger partial charge in [0.15, 0.2) is 0 Å². The van der Waals surface area contributed by atoms with E-state index < -0.39 is 17.8 Å². The summed E-state index contributed by atoms with van der Waals surface area (Å²) in [5.41, 5.74) is 1.09. The summed E-state index contributed by atoms with van der Waals surface area (Å²) >= 11 is 0. The average Bonchev–Trinajstić information content (AvgIpc) is 2.79. The first kappa shape index (κ1) is 21.3. The SMILES string of the molecule is COc1ccccc1C(=O)N/C(=C/c1ccccc1)C(=O)Nc1cccc(C(=O)[O-])c1. The Bertz CT molecular complexity index is 1140. The molecule has 31 heavy (non-hydrogen) atoms. The molecule has 0 unspecified atom stereocenters. The quantitative estimate of drug-likeness (QED) is 0.577. The molecule has 156 valence electrons. The number of ether oxygens (including phenoxy) is 1. The highest BCUT2D eigenvalue weighted by molar-refractivity contribution is 6.11. The molecule has 3 aromatic carbocycles. The van der Waals surface area contributed by atoms with Gasteiger partial charge < -0.3 is 25.3 Å². The zero-order valence-electron chi connectivity index (χ0n) is 16.6.